The third kappa shape index (κ3) is 8.96. The molecular formula is C31H41N3O7. The molecule has 4 unspecified atom stereocenters. The van der Waals surface area contributed by atoms with Gasteiger partial charge in [-0.15, -0.1) is 0 Å². The van der Waals surface area contributed by atoms with Gasteiger partial charge < -0.3 is 30.1 Å². The summed E-state index contributed by atoms with van der Waals surface area (Å²) in [5.41, 5.74) is 1.55. The standard InChI is InChI=1S/C31H41N3O7/c1-7-20-8-12-22(13-9-20)27(28(37)32-18-26(36)40-6)34(25-16-19(25)2)29(38)24(33-30(39)41-31(3,4)5)17-21-10-14-23(35)15-11-21/h8-15,19,24-25,27,35H,7,16-18H2,1-6H3,(H,32,37)(H,33,39). The van der Waals surface area contributed by atoms with Gasteiger partial charge in [0.05, 0.1) is 7.11 Å². The lowest BCUT2D eigenvalue weighted by Gasteiger charge is -2.35. The van der Waals surface area contributed by atoms with Crippen molar-refractivity contribution in [1.29, 1.82) is 0 Å². The highest BCUT2D eigenvalue weighted by Crippen LogP contribution is 2.41. The number of benzene rings is 2. The van der Waals surface area contributed by atoms with Gasteiger partial charge in [-0.25, -0.2) is 4.79 Å². The lowest BCUT2D eigenvalue weighted by atomic mass is 9.98. The van der Waals surface area contributed by atoms with Gasteiger partial charge in [-0.05, 0) is 68.4 Å². The Morgan fingerprint density at radius 2 is 1.61 bits per heavy atom. The van der Waals surface area contributed by atoms with Gasteiger partial charge >= 0.3 is 12.1 Å². The van der Waals surface area contributed by atoms with Crippen LogP contribution in [0.4, 0.5) is 4.79 Å². The van der Waals surface area contributed by atoms with E-state index in [0.29, 0.717) is 17.5 Å². The number of hydrogen-bond donors (Lipinski definition) is 3. The summed E-state index contributed by atoms with van der Waals surface area (Å²) in [5.74, 6) is -1.42. The number of methoxy groups -OCH3 is 1. The van der Waals surface area contributed by atoms with Gasteiger partial charge in [0.2, 0.25) is 11.8 Å². The maximum atomic E-state index is 14.4. The number of nitrogens with one attached hydrogen (secondary N) is 2. The zero-order valence-electron chi connectivity index (χ0n) is 24.6. The van der Waals surface area contributed by atoms with Crippen molar-refractivity contribution in [2.75, 3.05) is 13.7 Å². The number of alkyl carbamates (subject to hydrolysis) is 1. The van der Waals surface area contributed by atoms with E-state index < -0.39 is 41.6 Å². The molecule has 1 saturated carbocycles. The fourth-order valence-electron chi connectivity index (χ4n) is 4.57. The molecular weight excluding hydrogens is 526 g/mol. The van der Waals surface area contributed by atoms with Crippen LogP contribution in [0.25, 0.3) is 0 Å². The highest BCUT2D eigenvalue weighted by molar-refractivity contribution is 5.93. The summed E-state index contributed by atoms with van der Waals surface area (Å²) in [5, 5.41) is 15.1. The minimum atomic E-state index is -1.08. The van der Waals surface area contributed by atoms with Crippen molar-refractivity contribution in [2.45, 2.75) is 77.6 Å². The largest absolute Gasteiger partial charge is 0.508 e. The fourth-order valence-corrected chi connectivity index (χ4v) is 4.57. The summed E-state index contributed by atoms with van der Waals surface area (Å²) in [6, 6.07) is 11.4. The molecule has 10 heteroatoms. The Hall–Kier alpha value is -4.08. The van der Waals surface area contributed by atoms with Gasteiger partial charge in [-0.2, -0.15) is 0 Å². The molecule has 0 bridgehead atoms. The van der Waals surface area contributed by atoms with Crippen LogP contribution in [0.15, 0.2) is 48.5 Å². The minimum absolute atomic E-state index is 0.0722. The third-order valence-corrected chi connectivity index (χ3v) is 6.91. The van der Waals surface area contributed by atoms with Crippen molar-refractivity contribution in [1.82, 2.24) is 15.5 Å². The smallest absolute Gasteiger partial charge is 0.408 e. The highest BCUT2D eigenvalue weighted by Gasteiger charge is 2.48. The number of phenolic OH excluding ortho intramolecular Hbond substituents is 1. The molecule has 0 heterocycles. The van der Waals surface area contributed by atoms with E-state index >= 15 is 0 Å². The van der Waals surface area contributed by atoms with Crippen LogP contribution in [0.5, 0.6) is 5.75 Å². The predicted molar refractivity (Wildman–Crippen MR) is 153 cm³/mol. The number of carbonyl (C=O) groups is 4. The Morgan fingerprint density at radius 3 is 2.12 bits per heavy atom. The zero-order chi connectivity index (χ0) is 30.3. The molecule has 0 saturated heterocycles. The molecule has 2 aromatic rings. The quantitative estimate of drug-likeness (QED) is 0.353. The molecule has 222 valence electrons. The molecule has 1 aliphatic carbocycles. The van der Waals surface area contributed by atoms with E-state index in [-0.39, 0.29) is 30.7 Å². The number of esters is 1. The summed E-state index contributed by atoms with van der Waals surface area (Å²) in [4.78, 5) is 54.3. The number of nitrogens with zero attached hydrogens (tertiary/aromatic N) is 1. The maximum absolute atomic E-state index is 14.4. The second-order valence-electron chi connectivity index (χ2n) is 11.4. The molecule has 4 atom stereocenters. The number of aryl methyl sites for hydroxylation is 1. The lowest BCUT2D eigenvalue weighted by Crippen LogP contribution is -2.55. The minimum Gasteiger partial charge on any atom is -0.508 e. The van der Waals surface area contributed by atoms with Crippen LogP contribution in [-0.4, -0.2) is 65.2 Å². The van der Waals surface area contributed by atoms with Crippen molar-refractivity contribution < 1.29 is 33.8 Å². The first-order valence-corrected chi connectivity index (χ1v) is 13.9. The van der Waals surface area contributed by atoms with Gasteiger partial charge in [0, 0.05) is 12.5 Å². The third-order valence-electron chi connectivity index (χ3n) is 6.91. The molecule has 0 spiro atoms. The molecule has 2 aromatic carbocycles. The van der Waals surface area contributed by atoms with Crippen LogP contribution in [-0.2, 0) is 36.7 Å². The first-order valence-electron chi connectivity index (χ1n) is 13.9. The monoisotopic (exact) mass is 567 g/mol. The van der Waals surface area contributed by atoms with Crippen molar-refractivity contribution in [2.24, 2.45) is 5.92 Å². The van der Waals surface area contributed by atoms with E-state index in [1.54, 1.807) is 32.9 Å². The van der Waals surface area contributed by atoms with Crippen LogP contribution in [0.1, 0.15) is 63.8 Å². The summed E-state index contributed by atoms with van der Waals surface area (Å²) < 4.78 is 10.1. The predicted octanol–water partition coefficient (Wildman–Crippen LogP) is 3.66. The van der Waals surface area contributed by atoms with Crippen LogP contribution < -0.4 is 10.6 Å². The first kappa shape index (κ1) is 31.4. The number of rotatable bonds is 11. The van der Waals surface area contributed by atoms with Crippen molar-refractivity contribution >= 4 is 23.9 Å². The topological polar surface area (TPSA) is 134 Å². The Morgan fingerprint density at radius 1 is 1.02 bits per heavy atom. The molecule has 0 aliphatic heterocycles. The van der Waals surface area contributed by atoms with Gasteiger partial charge in [-0.1, -0.05) is 50.2 Å². The van der Waals surface area contributed by atoms with E-state index in [1.807, 2.05) is 38.1 Å². The van der Waals surface area contributed by atoms with E-state index in [0.717, 1.165) is 12.0 Å². The molecule has 3 rings (SSSR count). The van der Waals surface area contributed by atoms with Crippen molar-refractivity contribution in [3.8, 4) is 5.75 Å². The summed E-state index contributed by atoms with van der Waals surface area (Å²) >= 11 is 0. The highest BCUT2D eigenvalue weighted by atomic mass is 16.6. The Bertz CT molecular complexity index is 1220. The Labute approximate surface area is 241 Å². The summed E-state index contributed by atoms with van der Waals surface area (Å²) in [6.45, 7) is 8.84. The Balaban J connectivity index is 2.03. The first-order chi connectivity index (χ1) is 19.3. The zero-order valence-corrected chi connectivity index (χ0v) is 24.6. The average Bonchev–Trinajstić information content (AvgIpc) is 3.65. The summed E-state index contributed by atoms with van der Waals surface area (Å²) in [7, 11) is 1.23. The number of phenols is 1. The molecule has 41 heavy (non-hydrogen) atoms. The fraction of sp³-hybridized carbons (Fsp3) is 0.484. The normalized spacial score (nSPS) is 17.5. The summed E-state index contributed by atoms with van der Waals surface area (Å²) in [6.07, 6.45) is 0.813. The molecule has 3 N–H and O–H groups in total. The second-order valence-corrected chi connectivity index (χ2v) is 11.4. The van der Waals surface area contributed by atoms with Gasteiger partial charge in [0.1, 0.15) is 30.0 Å². The molecule has 0 aromatic heterocycles. The van der Waals surface area contributed by atoms with Gasteiger partial charge in [0.15, 0.2) is 0 Å². The maximum Gasteiger partial charge on any atom is 0.408 e. The lowest BCUT2D eigenvalue weighted by molar-refractivity contribution is -0.145. The van der Waals surface area contributed by atoms with Crippen LogP contribution in [0, 0.1) is 5.92 Å². The van der Waals surface area contributed by atoms with Crippen molar-refractivity contribution in [3.05, 3.63) is 65.2 Å². The van der Waals surface area contributed by atoms with E-state index in [9.17, 15) is 24.3 Å². The van der Waals surface area contributed by atoms with Crippen LogP contribution in [0.2, 0.25) is 0 Å². The van der Waals surface area contributed by atoms with Crippen molar-refractivity contribution in [3.63, 3.8) is 0 Å². The molecule has 1 fully saturated rings. The van der Waals surface area contributed by atoms with E-state index in [2.05, 4.69) is 15.4 Å². The van der Waals surface area contributed by atoms with E-state index in [1.165, 1.54) is 24.1 Å². The average molecular weight is 568 g/mol. The Kier molecular flexibility index (Phi) is 10.4. The van der Waals surface area contributed by atoms with Gasteiger partial charge in [0.25, 0.3) is 0 Å². The number of hydrogen-bond acceptors (Lipinski definition) is 7. The molecule has 0 radical (unpaired) electrons. The van der Waals surface area contributed by atoms with Crippen LogP contribution >= 0.6 is 0 Å². The molecule has 3 amide bonds. The molecule has 10 nitrogen and oxygen atoms in total. The SMILES string of the molecule is CCc1ccc(C(C(=O)NCC(=O)OC)N(C(=O)C(Cc2ccc(O)cc2)NC(=O)OC(C)(C)C)C2CC2C)cc1. The number of carbonyl (C=O) groups excluding carboxylic acids is 4. The number of aromatic hydroxyl groups is 1. The number of ether oxygens (including phenoxy) is 2. The number of amides is 3. The van der Waals surface area contributed by atoms with Gasteiger partial charge in [-0.3, -0.25) is 14.4 Å². The second kappa shape index (κ2) is 13.5. The van der Waals surface area contributed by atoms with E-state index in [4.69, 9.17) is 4.74 Å². The molecule has 1 aliphatic rings. The van der Waals surface area contributed by atoms with Crippen LogP contribution in [0.3, 0.4) is 0 Å².